The molecule has 0 N–H and O–H groups in total. The zero-order chi connectivity index (χ0) is 5.82. The summed E-state index contributed by atoms with van der Waals surface area (Å²) in [6, 6.07) is 3.35. The molecule has 0 atom stereocenters. The van der Waals surface area contributed by atoms with Crippen LogP contribution in [-0.4, -0.2) is 6.21 Å². The van der Waals surface area contributed by atoms with Crippen LogP contribution in [0.15, 0.2) is 28.0 Å². The molecule has 0 bridgehead atoms. The molecule has 9 heavy (non-hydrogen) atoms. The van der Waals surface area contributed by atoms with Crippen LogP contribution in [0.5, 0.6) is 0 Å². The molecule has 1 rings (SSSR count). The van der Waals surface area contributed by atoms with Crippen molar-refractivity contribution in [3.8, 4) is 0 Å². The maximum Gasteiger partial charge on any atom is 1.00 e. The number of hydrogen-bond donors (Lipinski definition) is 0. The molecule has 0 saturated carbocycles. The molecule has 0 saturated heterocycles. The second-order valence-electron chi connectivity index (χ2n) is 1.25. The summed E-state index contributed by atoms with van der Waals surface area (Å²) in [6.45, 7) is 0. The van der Waals surface area contributed by atoms with Crippen molar-refractivity contribution in [3.05, 3.63) is 29.4 Å². The third kappa shape index (κ3) is 2.70. The van der Waals surface area contributed by atoms with Gasteiger partial charge in [0.05, 0.1) is 12.5 Å². The number of hydrogen-bond acceptors (Lipinski definition) is 3. The van der Waals surface area contributed by atoms with Crippen LogP contribution in [0.25, 0.3) is 0 Å². The molecule has 0 aromatic carbocycles. The van der Waals surface area contributed by atoms with Crippen LogP contribution in [0.4, 0.5) is 0 Å². The molecule has 1 aromatic heterocycles. The number of furan rings is 1. The first-order valence-electron chi connectivity index (χ1n) is 2.12. The van der Waals surface area contributed by atoms with Crippen molar-refractivity contribution in [2.24, 2.45) is 5.16 Å². The Hall–Kier alpha value is -0.250. The topological polar surface area (TPSA) is 48.6 Å². The average molecular weight is 133 g/mol. The summed E-state index contributed by atoms with van der Waals surface area (Å²) in [5.41, 5.74) is 0. The second-order valence-corrected chi connectivity index (χ2v) is 1.25. The smallest absolute Gasteiger partial charge is 0.792 e. The summed E-state index contributed by atoms with van der Waals surface area (Å²) >= 11 is 0. The average Bonchev–Trinajstić information content (AvgIpc) is 2.19. The molecule has 4 heteroatoms. The normalized spacial score (nSPS) is 9.33. The van der Waals surface area contributed by atoms with E-state index in [9.17, 15) is 5.21 Å². The van der Waals surface area contributed by atoms with Gasteiger partial charge in [0.1, 0.15) is 5.76 Å². The Bertz CT molecular complexity index is 171. The van der Waals surface area contributed by atoms with Crippen LogP contribution in [-0.2, 0) is 0 Å². The Labute approximate surface area is 74.6 Å². The molecule has 0 aliphatic rings. The zero-order valence-electron chi connectivity index (χ0n) is 5.07. The van der Waals surface area contributed by atoms with E-state index in [4.69, 9.17) is 4.42 Å². The van der Waals surface area contributed by atoms with E-state index in [1.165, 1.54) is 6.26 Å². The number of rotatable bonds is 1. The fraction of sp³-hybridized carbons (Fsp3) is 0. The van der Waals surface area contributed by atoms with E-state index >= 15 is 0 Å². The van der Waals surface area contributed by atoms with Crippen molar-refractivity contribution in [2.75, 3.05) is 0 Å². The third-order valence-electron chi connectivity index (χ3n) is 0.723. The monoisotopic (exact) mass is 133 g/mol. The Morgan fingerprint density at radius 2 is 2.44 bits per heavy atom. The summed E-state index contributed by atoms with van der Waals surface area (Å²) in [6.07, 6.45) is 2.59. The van der Waals surface area contributed by atoms with Crippen molar-refractivity contribution in [1.82, 2.24) is 0 Å². The van der Waals surface area contributed by atoms with Gasteiger partial charge >= 0.3 is 29.6 Å². The molecule has 0 fully saturated rings. The van der Waals surface area contributed by atoms with Gasteiger partial charge in [0.25, 0.3) is 0 Å². The molecular formula is C5H4NNaO2. The summed E-state index contributed by atoms with van der Waals surface area (Å²) in [4.78, 5) is 0. The van der Waals surface area contributed by atoms with Crippen molar-refractivity contribution in [1.29, 1.82) is 0 Å². The molecular weight excluding hydrogens is 129 g/mol. The van der Waals surface area contributed by atoms with Crippen LogP contribution in [0, 0.1) is 5.21 Å². The molecule has 3 nitrogen and oxygen atoms in total. The van der Waals surface area contributed by atoms with Crippen molar-refractivity contribution < 1.29 is 34.0 Å². The van der Waals surface area contributed by atoms with Gasteiger partial charge in [-0.15, -0.1) is 0 Å². The van der Waals surface area contributed by atoms with Crippen molar-refractivity contribution in [3.63, 3.8) is 0 Å². The van der Waals surface area contributed by atoms with Gasteiger partial charge in [0, 0.05) is 0 Å². The second kappa shape index (κ2) is 4.61. The van der Waals surface area contributed by atoms with E-state index in [1.54, 1.807) is 12.1 Å². The summed E-state index contributed by atoms with van der Waals surface area (Å²) < 4.78 is 4.72. The fourth-order valence-corrected chi connectivity index (χ4v) is 0.417. The van der Waals surface area contributed by atoms with Gasteiger partial charge in [-0.25, -0.2) is 0 Å². The van der Waals surface area contributed by atoms with E-state index in [2.05, 4.69) is 5.16 Å². The standard InChI is InChI=1S/C5H5NO2.Na/c7-6-4-5-2-1-3-8-5;/h1-4,7H;/q;+1/p-1/b6-4-;. The van der Waals surface area contributed by atoms with Gasteiger partial charge in [-0.2, -0.15) is 0 Å². The van der Waals surface area contributed by atoms with E-state index < -0.39 is 0 Å². The van der Waals surface area contributed by atoms with Gasteiger partial charge in [0.2, 0.25) is 0 Å². The van der Waals surface area contributed by atoms with E-state index in [0.717, 1.165) is 6.21 Å². The molecule has 0 amide bonds. The predicted octanol–water partition coefficient (Wildman–Crippen LogP) is -1.80. The van der Waals surface area contributed by atoms with Crippen LogP contribution < -0.4 is 29.6 Å². The van der Waals surface area contributed by atoms with Crippen LogP contribution >= 0.6 is 0 Å². The first-order chi connectivity index (χ1) is 3.93. The van der Waals surface area contributed by atoms with Crippen LogP contribution in [0.2, 0.25) is 0 Å². The quantitative estimate of drug-likeness (QED) is 0.258. The minimum Gasteiger partial charge on any atom is -0.792 e. The van der Waals surface area contributed by atoms with Gasteiger partial charge < -0.3 is 14.8 Å². The van der Waals surface area contributed by atoms with Crippen LogP contribution in [0.3, 0.4) is 0 Å². The molecule has 0 aliphatic heterocycles. The minimum atomic E-state index is 0. The van der Waals surface area contributed by atoms with E-state index in [0.29, 0.717) is 5.76 Å². The van der Waals surface area contributed by atoms with Gasteiger partial charge in [0.15, 0.2) is 0 Å². The Morgan fingerprint density at radius 1 is 1.67 bits per heavy atom. The fourth-order valence-electron chi connectivity index (χ4n) is 0.417. The third-order valence-corrected chi connectivity index (χ3v) is 0.723. The molecule has 0 unspecified atom stereocenters. The van der Waals surface area contributed by atoms with Crippen molar-refractivity contribution in [2.45, 2.75) is 0 Å². The maximum absolute atomic E-state index is 9.51. The van der Waals surface area contributed by atoms with Crippen LogP contribution in [0.1, 0.15) is 5.76 Å². The molecule has 0 aliphatic carbocycles. The Kier molecular flexibility index (Phi) is 4.48. The summed E-state index contributed by atoms with van der Waals surface area (Å²) in [7, 11) is 0. The molecule has 1 heterocycles. The summed E-state index contributed by atoms with van der Waals surface area (Å²) in [5, 5.41) is 12.0. The summed E-state index contributed by atoms with van der Waals surface area (Å²) in [5.74, 6) is 0.486. The van der Waals surface area contributed by atoms with Crippen molar-refractivity contribution >= 4 is 6.21 Å². The largest absolute Gasteiger partial charge is 1.00 e. The molecule has 1 aromatic rings. The maximum atomic E-state index is 9.51. The van der Waals surface area contributed by atoms with E-state index in [-0.39, 0.29) is 29.6 Å². The van der Waals surface area contributed by atoms with Gasteiger partial charge in [-0.3, -0.25) is 0 Å². The molecule has 0 radical (unpaired) electrons. The predicted molar refractivity (Wildman–Crippen MR) is 29.7 cm³/mol. The molecule has 42 valence electrons. The first kappa shape index (κ1) is 8.75. The Balaban J connectivity index is 0.000000640. The van der Waals surface area contributed by atoms with Gasteiger partial charge in [-0.05, 0) is 12.1 Å². The number of nitrogens with zero attached hydrogens (tertiary/aromatic N) is 1. The minimum absolute atomic E-state index is 0. The van der Waals surface area contributed by atoms with Gasteiger partial charge in [-0.1, -0.05) is 0 Å². The zero-order valence-corrected chi connectivity index (χ0v) is 7.07. The molecule has 0 spiro atoms. The van der Waals surface area contributed by atoms with E-state index in [1.807, 2.05) is 0 Å². The SMILES string of the molecule is [Na+].[O-]/N=C\c1ccco1. The first-order valence-corrected chi connectivity index (χ1v) is 2.12. The Morgan fingerprint density at radius 3 is 2.89 bits per heavy atom.